The van der Waals surface area contributed by atoms with Crippen LogP contribution in [0.5, 0.6) is 5.88 Å². The zero-order valence-corrected chi connectivity index (χ0v) is 25.3. The lowest BCUT2D eigenvalue weighted by atomic mass is 10.00. The van der Waals surface area contributed by atoms with Gasteiger partial charge >= 0.3 is 0 Å². The lowest BCUT2D eigenvalue weighted by molar-refractivity contribution is -0.117. The number of Topliss-reactive ketones (excluding diaryl/α,β-unsaturated/α-hetero) is 1. The lowest BCUT2D eigenvalue weighted by Gasteiger charge is -2.16. The van der Waals surface area contributed by atoms with Gasteiger partial charge in [0.2, 0.25) is 5.88 Å². The summed E-state index contributed by atoms with van der Waals surface area (Å²) in [5.74, 6) is 2.48. The molecule has 0 saturated heterocycles. The Hall–Kier alpha value is -4.11. The van der Waals surface area contributed by atoms with Crippen molar-refractivity contribution in [2.45, 2.75) is 32.7 Å². The van der Waals surface area contributed by atoms with Crippen molar-refractivity contribution in [3.63, 3.8) is 0 Å². The molecule has 1 aliphatic rings. The van der Waals surface area contributed by atoms with Gasteiger partial charge in [0.25, 0.3) is 0 Å². The number of pyridine rings is 2. The number of halogens is 2. The third-order valence-corrected chi connectivity index (χ3v) is 8.43. The van der Waals surface area contributed by atoms with Gasteiger partial charge in [-0.2, -0.15) is 0 Å². The van der Waals surface area contributed by atoms with Gasteiger partial charge in [0, 0.05) is 47.8 Å². The Morgan fingerprint density at radius 1 is 0.930 bits per heavy atom. The summed E-state index contributed by atoms with van der Waals surface area (Å²) in [5, 5.41) is 7.82. The fraction of sp³-hybridized carbons (Fsp3) is 0.242. The zero-order valence-electron chi connectivity index (χ0n) is 23.8. The molecule has 0 spiro atoms. The number of aromatic nitrogens is 4. The summed E-state index contributed by atoms with van der Waals surface area (Å²) in [7, 11) is 1.61. The van der Waals surface area contributed by atoms with Gasteiger partial charge in [0.1, 0.15) is 17.1 Å². The van der Waals surface area contributed by atoms with Crippen LogP contribution in [0.4, 0.5) is 11.5 Å². The molecule has 6 rings (SSSR count). The van der Waals surface area contributed by atoms with Gasteiger partial charge in [0.05, 0.1) is 34.1 Å². The number of anilines is 2. The van der Waals surface area contributed by atoms with Crippen LogP contribution in [-0.4, -0.2) is 39.4 Å². The highest BCUT2D eigenvalue weighted by Crippen LogP contribution is 2.42. The van der Waals surface area contributed by atoms with Gasteiger partial charge in [-0.25, -0.2) is 15.0 Å². The molecular formula is C33H30Cl2N6O2. The number of carbonyl (C=O) groups excluding carboxylic acids is 1. The van der Waals surface area contributed by atoms with Crippen molar-refractivity contribution in [2.24, 2.45) is 5.92 Å². The fourth-order valence-electron chi connectivity index (χ4n) is 5.48. The van der Waals surface area contributed by atoms with Crippen molar-refractivity contribution in [2.75, 3.05) is 19.0 Å². The molecule has 10 heteroatoms. The minimum absolute atomic E-state index is 0.352. The number of hydrogen-bond acceptors (Lipinski definition) is 8. The number of aryl methyl sites for hydroxylation is 1. The predicted molar refractivity (Wildman–Crippen MR) is 171 cm³/mol. The van der Waals surface area contributed by atoms with Crippen molar-refractivity contribution in [3.8, 4) is 28.3 Å². The van der Waals surface area contributed by atoms with Crippen LogP contribution in [0.1, 0.15) is 30.7 Å². The first-order chi connectivity index (χ1) is 20.9. The molecule has 218 valence electrons. The third kappa shape index (κ3) is 6.18. The molecule has 0 unspecified atom stereocenters. The second kappa shape index (κ2) is 12.6. The number of benzene rings is 2. The Kier molecular flexibility index (Phi) is 8.51. The van der Waals surface area contributed by atoms with E-state index >= 15 is 0 Å². The van der Waals surface area contributed by atoms with Crippen LogP contribution in [0.25, 0.3) is 33.4 Å². The molecule has 1 atom stereocenters. The minimum Gasteiger partial charge on any atom is -0.481 e. The summed E-state index contributed by atoms with van der Waals surface area (Å²) in [5.41, 5.74) is 5.99. The Balaban J connectivity index is 1.27. The highest BCUT2D eigenvalue weighted by Gasteiger charge is 2.22. The van der Waals surface area contributed by atoms with Gasteiger partial charge in [-0.1, -0.05) is 59.6 Å². The van der Waals surface area contributed by atoms with E-state index in [1.165, 1.54) is 0 Å². The molecule has 0 amide bonds. The summed E-state index contributed by atoms with van der Waals surface area (Å²) in [6.07, 6.45) is 4.01. The number of nitrogens with one attached hydrogen (secondary N) is 2. The number of fused-ring (bicyclic) bond motifs is 1. The summed E-state index contributed by atoms with van der Waals surface area (Å²) in [6, 6.07) is 19.2. The lowest BCUT2D eigenvalue weighted by Crippen LogP contribution is -2.21. The summed E-state index contributed by atoms with van der Waals surface area (Å²) < 4.78 is 5.64. The average Bonchev–Trinajstić information content (AvgIpc) is 3.43. The van der Waals surface area contributed by atoms with Crippen LogP contribution in [-0.2, 0) is 11.3 Å². The monoisotopic (exact) mass is 612 g/mol. The topological polar surface area (TPSA) is 102 Å². The molecule has 0 bridgehead atoms. The smallest absolute Gasteiger partial charge is 0.218 e. The standard InChI is InChI=1S/C33H30Cl2N6O2/c1-19-38-28-10-5-15-37-31(28)32(39-19)40-27-9-4-7-24(30(27)35)23-6-3-8-25(29(23)34)26-14-12-21(33(41-26)43-2)18-36-17-20-11-13-22(42)16-20/h3-10,12,14-15,20,36H,11,13,16-18H2,1-2H3,(H,38,39,40)/t20-/m1/s1. The first-order valence-corrected chi connectivity index (χ1v) is 14.9. The second-order valence-electron chi connectivity index (χ2n) is 10.6. The van der Waals surface area contributed by atoms with Crippen LogP contribution in [0, 0.1) is 12.8 Å². The molecule has 3 aromatic heterocycles. The van der Waals surface area contributed by atoms with E-state index in [1.54, 1.807) is 13.3 Å². The molecule has 43 heavy (non-hydrogen) atoms. The Bertz CT molecular complexity index is 1830. The number of methoxy groups -OCH3 is 1. The van der Waals surface area contributed by atoms with Crippen LogP contribution < -0.4 is 15.4 Å². The molecule has 0 aliphatic heterocycles. The molecule has 1 saturated carbocycles. The maximum Gasteiger partial charge on any atom is 0.218 e. The fourth-order valence-corrected chi connectivity index (χ4v) is 6.08. The van der Waals surface area contributed by atoms with E-state index in [2.05, 4.69) is 25.6 Å². The number of hydrogen-bond donors (Lipinski definition) is 2. The molecule has 2 aromatic carbocycles. The second-order valence-corrected chi connectivity index (χ2v) is 11.3. The van der Waals surface area contributed by atoms with E-state index in [0.29, 0.717) is 75.6 Å². The minimum atomic E-state index is 0.352. The first kappa shape index (κ1) is 29.0. The summed E-state index contributed by atoms with van der Waals surface area (Å²) >= 11 is 14.0. The number of rotatable bonds is 9. The van der Waals surface area contributed by atoms with E-state index in [-0.39, 0.29) is 0 Å². The maximum atomic E-state index is 11.6. The largest absolute Gasteiger partial charge is 0.481 e. The van der Waals surface area contributed by atoms with Crippen molar-refractivity contribution < 1.29 is 9.53 Å². The molecule has 1 fully saturated rings. The number of nitrogens with zero attached hydrogens (tertiary/aromatic N) is 4. The quantitative estimate of drug-likeness (QED) is 0.176. The van der Waals surface area contributed by atoms with Crippen LogP contribution in [0.3, 0.4) is 0 Å². The van der Waals surface area contributed by atoms with Gasteiger partial charge in [-0.05, 0) is 50.1 Å². The molecule has 0 radical (unpaired) electrons. The molecule has 3 heterocycles. The first-order valence-electron chi connectivity index (χ1n) is 14.1. The Morgan fingerprint density at radius 2 is 1.72 bits per heavy atom. The Morgan fingerprint density at radius 3 is 2.51 bits per heavy atom. The molecule has 1 aliphatic carbocycles. The van der Waals surface area contributed by atoms with Crippen molar-refractivity contribution >= 4 is 51.5 Å². The normalized spacial score (nSPS) is 14.8. The van der Waals surface area contributed by atoms with Crippen LogP contribution in [0.15, 0.2) is 66.9 Å². The van der Waals surface area contributed by atoms with Crippen LogP contribution in [0.2, 0.25) is 10.0 Å². The molecule has 8 nitrogen and oxygen atoms in total. The van der Waals surface area contributed by atoms with E-state index in [9.17, 15) is 4.79 Å². The van der Waals surface area contributed by atoms with E-state index in [0.717, 1.165) is 40.7 Å². The number of carbonyl (C=O) groups is 1. The van der Waals surface area contributed by atoms with Crippen molar-refractivity contribution in [1.29, 1.82) is 0 Å². The molecule has 5 aromatic rings. The van der Waals surface area contributed by atoms with Gasteiger partial charge < -0.3 is 15.4 Å². The molecule has 2 N–H and O–H groups in total. The number of ether oxygens (including phenoxy) is 1. The zero-order chi connectivity index (χ0) is 29.9. The summed E-state index contributed by atoms with van der Waals surface area (Å²) in [4.78, 5) is 29.9. The van der Waals surface area contributed by atoms with Gasteiger partial charge in [-0.3, -0.25) is 9.78 Å². The summed E-state index contributed by atoms with van der Waals surface area (Å²) in [6.45, 7) is 3.23. The highest BCUT2D eigenvalue weighted by molar-refractivity contribution is 6.39. The van der Waals surface area contributed by atoms with E-state index in [1.807, 2.05) is 67.6 Å². The van der Waals surface area contributed by atoms with Gasteiger partial charge in [-0.15, -0.1) is 0 Å². The van der Waals surface area contributed by atoms with Crippen molar-refractivity contribution in [3.05, 3.63) is 88.3 Å². The van der Waals surface area contributed by atoms with E-state index in [4.69, 9.17) is 32.9 Å². The molecular weight excluding hydrogens is 583 g/mol. The Labute approximate surface area is 259 Å². The maximum absolute atomic E-state index is 11.6. The van der Waals surface area contributed by atoms with Gasteiger partial charge in [0.15, 0.2) is 5.82 Å². The average molecular weight is 614 g/mol. The van der Waals surface area contributed by atoms with E-state index < -0.39 is 0 Å². The predicted octanol–water partition coefficient (Wildman–Crippen LogP) is 7.58. The SMILES string of the molecule is COc1nc(-c2cccc(-c3cccc(Nc4nc(C)nc5cccnc45)c3Cl)c2Cl)ccc1CNC[C@@H]1CCC(=O)C1. The van der Waals surface area contributed by atoms with Crippen molar-refractivity contribution in [1.82, 2.24) is 25.3 Å². The number of ketones is 1. The highest BCUT2D eigenvalue weighted by atomic mass is 35.5. The third-order valence-electron chi connectivity index (χ3n) is 7.61. The van der Waals surface area contributed by atoms with Crippen LogP contribution >= 0.6 is 23.2 Å².